The molecule has 1 aromatic carbocycles. The van der Waals surface area contributed by atoms with Crippen LogP contribution < -0.4 is 10.1 Å². The maximum atomic E-state index is 11.6. The fourth-order valence-corrected chi connectivity index (χ4v) is 1.44. The van der Waals surface area contributed by atoms with Crippen molar-refractivity contribution in [2.24, 2.45) is 0 Å². The second-order valence-corrected chi connectivity index (χ2v) is 4.28. The third-order valence-electron chi connectivity index (χ3n) is 2.65. The SMILES string of the molecule is C#CCNCC(=O)N(C)CCOc1ccc(C)cc1. The van der Waals surface area contributed by atoms with Gasteiger partial charge in [-0.3, -0.25) is 10.1 Å². The molecule has 1 N–H and O–H groups in total. The summed E-state index contributed by atoms with van der Waals surface area (Å²) in [6.45, 7) is 3.70. The average molecular weight is 260 g/mol. The van der Waals surface area contributed by atoms with Crippen molar-refractivity contribution in [3.05, 3.63) is 29.8 Å². The predicted octanol–water partition coefficient (Wildman–Crippen LogP) is 1.06. The lowest BCUT2D eigenvalue weighted by atomic mass is 10.2. The van der Waals surface area contributed by atoms with Crippen LogP contribution in [0.3, 0.4) is 0 Å². The molecule has 19 heavy (non-hydrogen) atoms. The van der Waals surface area contributed by atoms with Gasteiger partial charge in [0.2, 0.25) is 5.91 Å². The molecule has 0 saturated carbocycles. The first kappa shape index (κ1) is 15.1. The summed E-state index contributed by atoms with van der Waals surface area (Å²) in [6, 6.07) is 7.83. The van der Waals surface area contributed by atoms with Crippen molar-refractivity contribution in [2.45, 2.75) is 6.92 Å². The van der Waals surface area contributed by atoms with Crippen LogP contribution in [0.15, 0.2) is 24.3 Å². The maximum absolute atomic E-state index is 11.6. The number of aryl methyl sites for hydroxylation is 1. The van der Waals surface area contributed by atoms with Gasteiger partial charge < -0.3 is 9.64 Å². The highest BCUT2D eigenvalue weighted by Gasteiger charge is 2.07. The molecule has 1 aromatic rings. The number of hydrogen-bond acceptors (Lipinski definition) is 3. The van der Waals surface area contributed by atoms with Crippen LogP contribution in [-0.2, 0) is 4.79 Å². The Kier molecular flexibility index (Phi) is 6.48. The molecule has 0 aliphatic carbocycles. The van der Waals surface area contributed by atoms with Crippen molar-refractivity contribution in [1.29, 1.82) is 0 Å². The van der Waals surface area contributed by atoms with Crippen molar-refractivity contribution in [3.63, 3.8) is 0 Å². The molecule has 4 heteroatoms. The molecular formula is C15H20N2O2. The van der Waals surface area contributed by atoms with E-state index in [1.807, 2.05) is 31.2 Å². The molecule has 0 aliphatic heterocycles. The number of terminal acetylenes is 1. The van der Waals surface area contributed by atoms with Crippen LogP contribution in [0.2, 0.25) is 0 Å². The summed E-state index contributed by atoms with van der Waals surface area (Å²) >= 11 is 0. The number of hydrogen-bond donors (Lipinski definition) is 1. The lowest BCUT2D eigenvalue weighted by Gasteiger charge is -2.17. The number of carbonyl (C=O) groups excluding carboxylic acids is 1. The van der Waals surface area contributed by atoms with Crippen molar-refractivity contribution >= 4 is 5.91 Å². The zero-order valence-electron chi connectivity index (χ0n) is 11.5. The highest BCUT2D eigenvalue weighted by atomic mass is 16.5. The quantitative estimate of drug-likeness (QED) is 0.588. The van der Waals surface area contributed by atoms with E-state index >= 15 is 0 Å². The van der Waals surface area contributed by atoms with Crippen molar-refractivity contribution < 1.29 is 9.53 Å². The minimum Gasteiger partial charge on any atom is -0.492 e. The van der Waals surface area contributed by atoms with Crippen LogP contribution in [0.4, 0.5) is 0 Å². The molecule has 4 nitrogen and oxygen atoms in total. The molecule has 102 valence electrons. The monoisotopic (exact) mass is 260 g/mol. The van der Waals surface area contributed by atoms with Crippen LogP contribution in [0.1, 0.15) is 5.56 Å². The number of nitrogens with one attached hydrogen (secondary N) is 1. The Balaban J connectivity index is 2.23. The van der Waals surface area contributed by atoms with Gasteiger partial charge in [0, 0.05) is 7.05 Å². The van der Waals surface area contributed by atoms with E-state index in [1.165, 1.54) is 5.56 Å². The van der Waals surface area contributed by atoms with Gasteiger partial charge in [-0.1, -0.05) is 23.6 Å². The van der Waals surface area contributed by atoms with Gasteiger partial charge in [-0.05, 0) is 19.1 Å². The van der Waals surface area contributed by atoms with E-state index in [0.717, 1.165) is 5.75 Å². The van der Waals surface area contributed by atoms with Crippen LogP contribution >= 0.6 is 0 Å². The van der Waals surface area contributed by atoms with E-state index in [4.69, 9.17) is 11.2 Å². The summed E-state index contributed by atoms with van der Waals surface area (Å²) in [4.78, 5) is 13.3. The zero-order valence-corrected chi connectivity index (χ0v) is 11.5. The van der Waals surface area contributed by atoms with E-state index in [0.29, 0.717) is 19.7 Å². The minimum atomic E-state index is 0.00255. The van der Waals surface area contributed by atoms with Gasteiger partial charge in [-0.15, -0.1) is 6.42 Å². The van der Waals surface area contributed by atoms with Gasteiger partial charge in [0.05, 0.1) is 19.6 Å². The van der Waals surface area contributed by atoms with Gasteiger partial charge in [0.1, 0.15) is 12.4 Å². The van der Waals surface area contributed by atoms with Gasteiger partial charge in [-0.2, -0.15) is 0 Å². The fraction of sp³-hybridized carbons (Fsp3) is 0.400. The number of amides is 1. The molecule has 0 atom stereocenters. The van der Waals surface area contributed by atoms with Gasteiger partial charge in [0.15, 0.2) is 0 Å². The third kappa shape index (κ3) is 5.94. The average Bonchev–Trinajstić information content (AvgIpc) is 2.41. The first-order valence-electron chi connectivity index (χ1n) is 6.21. The number of ether oxygens (including phenoxy) is 1. The summed E-state index contributed by atoms with van der Waals surface area (Å²) < 4.78 is 5.56. The second-order valence-electron chi connectivity index (χ2n) is 4.28. The molecule has 0 spiro atoms. The number of rotatable bonds is 7. The van der Waals surface area contributed by atoms with Crippen LogP contribution in [0, 0.1) is 19.3 Å². The highest BCUT2D eigenvalue weighted by Crippen LogP contribution is 2.10. The molecular weight excluding hydrogens is 240 g/mol. The molecule has 1 rings (SSSR count). The topological polar surface area (TPSA) is 41.6 Å². The second kappa shape index (κ2) is 8.17. The predicted molar refractivity (Wildman–Crippen MR) is 76.0 cm³/mol. The Bertz CT molecular complexity index is 434. The maximum Gasteiger partial charge on any atom is 0.236 e. The van der Waals surface area contributed by atoms with Crippen molar-refractivity contribution in [3.8, 4) is 18.1 Å². The first-order valence-corrected chi connectivity index (χ1v) is 6.21. The molecule has 0 unspecified atom stereocenters. The van der Waals surface area contributed by atoms with E-state index in [2.05, 4.69) is 11.2 Å². The molecule has 1 amide bonds. The largest absolute Gasteiger partial charge is 0.492 e. The molecule has 0 bridgehead atoms. The lowest BCUT2D eigenvalue weighted by molar-refractivity contribution is -0.129. The van der Waals surface area contributed by atoms with Gasteiger partial charge in [0.25, 0.3) is 0 Å². The molecule has 0 aliphatic rings. The van der Waals surface area contributed by atoms with Crippen molar-refractivity contribution in [2.75, 3.05) is 33.3 Å². The molecule has 0 fully saturated rings. The van der Waals surface area contributed by atoms with E-state index in [1.54, 1.807) is 11.9 Å². The van der Waals surface area contributed by atoms with E-state index < -0.39 is 0 Å². The smallest absolute Gasteiger partial charge is 0.236 e. The number of benzene rings is 1. The number of carbonyl (C=O) groups is 1. The number of nitrogens with zero attached hydrogens (tertiary/aromatic N) is 1. The minimum absolute atomic E-state index is 0.00255. The summed E-state index contributed by atoms with van der Waals surface area (Å²) in [5, 5.41) is 2.86. The Labute approximate surface area is 114 Å². The van der Waals surface area contributed by atoms with Crippen LogP contribution in [0.25, 0.3) is 0 Å². The summed E-state index contributed by atoms with van der Waals surface area (Å²) in [5.74, 6) is 3.24. The van der Waals surface area contributed by atoms with Crippen molar-refractivity contribution in [1.82, 2.24) is 10.2 Å². The van der Waals surface area contributed by atoms with E-state index in [-0.39, 0.29) is 12.5 Å². The third-order valence-corrected chi connectivity index (χ3v) is 2.65. The zero-order chi connectivity index (χ0) is 14.1. The summed E-state index contributed by atoms with van der Waals surface area (Å²) in [6.07, 6.45) is 5.09. The molecule has 0 aromatic heterocycles. The van der Waals surface area contributed by atoms with Gasteiger partial charge in [-0.25, -0.2) is 0 Å². The number of likely N-dealkylation sites (N-methyl/N-ethyl adjacent to an activating group) is 1. The Morgan fingerprint density at radius 2 is 2.11 bits per heavy atom. The van der Waals surface area contributed by atoms with Crippen LogP contribution in [-0.4, -0.2) is 44.1 Å². The van der Waals surface area contributed by atoms with Crippen LogP contribution in [0.5, 0.6) is 5.75 Å². The normalized spacial score (nSPS) is 9.74. The molecule has 0 saturated heterocycles. The molecule has 0 heterocycles. The summed E-state index contributed by atoms with van der Waals surface area (Å²) in [5.41, 5.74) is 1.19. The Hall–Kier alpha value is -1.99. The fourth-order valence-electron chi connectivity index (χ4n) is 1.44. The van der Waals surface area contributed by atoms with E-state index in [9.17, 15) is 4.79 Å². The van der Waals surface area contributed by atoms with Gasteiger partial charge >= 0.3 is 0 Å². The Morgan fingerprint density at radius 1 is 1.42 bits per heavy atom. The lowest BCUT2D eigenvalue weighted by Crippen LogP contribution is -2.37. The molecule has 0 radical (unpaired) electrons. The Morgan fingerprint density at radius 3 is 2.74 bits per heavy atom. The summed E-state index contributed by atoms with van der Waals surface area (Å²) in [7, 11) is 1.75. The standard InChI is InChI=1S/C15H20N2O2/c1-4-9-16-12-15(18)17(3)10-11-19-14-7-5-13(2)6-8-14/h1,5-8,16H,9-12H2,2-3H3. The first-order chi connectivity index (χ1) is 9.13. The highest BCUT2D eigenvalue weighted by molar-refractivity contribution is 5.77.